The van der Waals surface area contributed by atoms with Crippen LogP contribution < -0.4 is 11.1 Å². The lowest BCUT2D eigenvalue weighted by Gasteiger charge is -2.34. The molecule has 0 aliphatic carbocycles. The Morgan fingerprint density at radius 2 is 1.78 bits per heavy atom. The zero-order chi connectivity index (χ0) is 17.0. The average molecular weight is 344 g/mol. The zero-order valence-corrected chi connectivity index (χ0v) is 13.1. The SMILES string of the molecule is NC(=O)NCC(=O)N1CCN(S(=O)(=O)c2ccccc2F)CC1. The van der Waals surface area contributed by atoms with Crippen molar-refractivity contribution in [2.75, 3.05) is 32.7 Å². The van der Waals surface area contributed by atoms with Crippen LogP contribution in [0.5, 0.6) is 0 Å². The number of carbonyl (C=O) groups excluding carboxylic acids is 2. The quantitative estimate of drug-likeness (QED) is 0.754. The molecular weight excluding hydrogens is 327 g/mol. The lowest BCUT2D eigenvalue weighted by Crippen LogP contribution is -2.52. The van der Waals surface area contributed by atoms with Crippen LogP contribution in [0.25, 0.3) is 0 Å². The second-order valence-corrected chi connectivity index (χ2v) is 6.84. The van der Waals surface area contributed by atoms with E-state index in [0.717, 1.165) is 10.4 Å². The van der Waals surface area contributed by atoms with E-state index < -0.39 is 21.9 Å². The molecule has 3 amide bonds. The van der Waals surface area contributed by atoms with Gasteiger partial charge in [0.05, 0.1) is 6.54 Å². The molecule has 1 fully saturated rings. The number of halogens is 1. The third-order valence-electron chi connectivity index (χ3n) is 3.46. The maximum Gasteiger partial charge on any atom is 0.312 e. The molecule has 1 heterocycles. The predicted molar refractivity (Wildman–Crippen MR) is 79.3 cm³/mol. The first-order valence-corrected chi connectivity index (χ1v) is 8.32. The minimum absolute atomic E-state index is 0.0545. The van der Waals surface area contributed by atoms with Crippen LogP contribution in [0.4, 0.5) is 9.18 Å². The van der Waals surface area contributed by atoms with Gasteiger partial charge in [0.1, 0.15) is 10.7 Å². The van der Waals surface area contributed by atoms with Gasteiger partial charge in [-0.05, 0) is 12.1 Å². The molecule has 0 atom stereocenters. The first kappa shape index (κ1) is 17.2. The van der Waals surface area contributed by atoms with E-state index >= 15 is 0 Å². The molecule has 3 N–H and O–H groups in total. The lowest BCUT2D eigenvalue weighted by molar-refractivity contribution is -0.131. The lowest BCUT2D eigenvalue weighted by atomic mass is 10.3. The molecule has 1 aromatic carbocycles. The molecule has 0 bridgehead atoms. The summed E-state index contributed by atoms with van der Waals surface area (Å²) < 4.78 is 39.7. The fourth-order valence-electron chi connectivity index (χ4n) is 2.25. The number of nitrogens with one attached hydrogen (secondary N) is 1. The average Bonchev–Trinajstić information content (AvgIpc) is 2.53. The van der Waals surface area contributed by atoms with Crippen molar-refractivity contribution in [2.24, 2.45) is 5.73 Å². The van der Waals surface area contributed by atoms with Crippen LogP contribution in [0.1, 0.15) is 0 Å². The van der Waals surface area contributed by atoms with Crippen LogP contribution in [0, 0.1) is 5.82 Å². The van der Waals surface area contributed by atoms with Gasteiger partial charge in [-0.25, -0.2) is 17.6 Å². The molecule has 10 heteroatoms. The molecule has 0 aromatic heterocycles. The number of urea groups is 1. The van der Waals surface area contributed by atoms with E-state index in [9.17, 15) is 22.4 Å². The number of carbonyl (C=O) groups is 2. The predicted octanol–water partition coefficient (Wildman–Crippen LogP) is -0.673. The van der Waals surface area contributed by atoms with Gasteiger partial charge < -0.3 is 16.0 Å². The van der Waals surface area contributed by atoms with Crippen LogP contribution in [-0.4, -0.2) is 62.3 Å². The molecule has 1 aliphatic rings. The van der Waals surface area contributed by atoms with E-state index in [1.54, 1.807) is 0 Å². The normalized spacial score (nSPS) is 16.1. The number of nitrogens with two attached hydrogens (primary N) is 1. The van der Waals surface area contributed by atoms with Gasteiger partial charge in [0.25, 0.3) is 0 Å². The Balaban J connectivity index is 2.00. The minimum atomic E-state index is -3.94. The highest BCUT2D eigenvalue weighted by Crippen LogP contribution is 2.20. The molecule has 0 unspecified atom stereocenters. The van der Waals surface area contributed by atoms with Crippen molar-refractivity contribution in [3.8, 4) is 0 Å². The molecule has 0 radical (unpaired) electrons. The Morgan fingerprint density at radius 3 is 2.35 bits per heavy atom. The Hall–Kier alpha value is -2.20. The Labute approximate surface area is 133 Å². The van der Waals surface area contributed by atoms with Gasteiger partial charge in [-0.3, -0.25) is 4.79 Å². The fraction of sp³-hybridized carbons (Fsp3) is 0.385. The molecule has 1 saturated heterocycles. The topological polar surface area (TPSA) is 113 Å². The van der Waals surface area contributed by atoms with Crippen molar-refractivity contribution in [3.63, 3.8) is 0 Å². The number of benzene rings is 1. The molecular formula is C13H17FN4O4S. The smallest absolute Gasteiger partial charge is 0.312 e. The summed E-state index contributed by atoms with van der Waals surface area (Å²) in [6, 6.07) is 4.35. The molecule has 0 spiro atoms. The maximum atomic E-state index is 13.7. The molecule has 23 heavy (non-hydrogen) atoms. The summed E-state index contributed by atoms with van der Waals surface area (Å²) in [6.07, 6.45) is 0. The summed E-state index contributed by atoms with van der Waals surface area (Å²) in [5.74, 6) is -1.16. The van der Waals surface area contributed by atoms with Crippen molar-refractivity contribution >= 4 is 22.0 Å². The summed E-state index contributed by atoms with van der Waals surface area (Å²) in [5.41, 5.74) is 4.88. The van der Waals surface area contributed by atoms with E-state index in [1.165, 1.54) is 23.1 Å². The van der Waals surface area contributed by atoms with Gasteiger partial charge in [-0.1, -0.05) is 12.1 Å². The zero-order valence-electron chi connectivity index (χ0n) is 12.2. The number of primary amides is 1. The standard InChI is InChI=1S/C13H17FN4O4S/c14-10-3-1-2-4-11(10)23(21,22)18-7-5-17(6-8-18)12(19)9-16-13(15)20/h1-4H,5-9H2,(H3,15,16,20). The van der Waals surface area contributed by atoms with Crippen LogP contribution in [0.15, 0.2) is 29.2 Å². The summed E-state index contributed by atoms with van der Waals surface area (Å²) in [4.78, 5) is 23.4. The van der Waals surface area contributed by atoms with Crippen LogP contribution >= 0.6 is 0 Å². The first-order valence-electron chi connectivity index (χ1n) is 6.88. The van der Waals surface area contributed by atoms with Crippen LogP contribution in [0.3, 0.4) is 0 Å². The van der Waals surface area contributed by atoms with Gasteiger partial charge >= 0.3 is 6.03 Å². The highest BCUT2D eigenvalue weighted by molar-refractivity contribution is 7.89. The van der Waals surface area contributed by atoms with Crippen molar-refractivity contribution in [2.45, 2.75) is 4.90 Å². The number of amides is 3. The van der Waals surface area contributed by atoms with Crippen molar-refractivity contribution < 1.29 is 22.4 Å². The molecule has 126 valence electrons. The monoisotopic (exact) mass is 344 g/mol. The third-order valence-corrected chi connectivity index (χ3v) is 5.39. The van der Waals surface area contributed by atoms with Gasteiger partial charge in [0.2, 0.25) is 15.9 Å². The van der Waals surface area contributed by atoms with E-state index in [2.05, 4.69) is 5.32 Å². The Bertz CT molecular complexity index is 702. The number of nitrogens with zero attached hydrogens (tertiary/aromatic N) is 2. The van der Waals surface area contributed by atoms with Crippen LogP contribution in [-0.2, 0) is 14.8 Å². The molecule has 0 saturated carbocycles. The maximum absolute atomic E-state index is 13.7. The minimum Gasteiger partial charge on any atom is -0.352 e. The third kappa shape index (κ3) is 3.96. The molecule has 2 rings (SSSR count). The highest BCUT2D eigenvalue weighted by atomic mass is 32.2. The molecule has 1 aliphatic heterocycles. The fourth-order valence-corrected chi connectivity index (χ4v) is 3.73. The van der Waals surface area contributed by atoms with Gasteiger partial charge in [0.15, 0.2) is 0 Å². The first-order chi connectivity index (χ1) is 10.8. The van der Waals surface area contributed by atoms with Crippen molar-refractivity contribution in [1.82, 2.24) is 14.5 Å². The van der Waals surface area contributed by atoms with Gasteiger partial charge in [-0.2, -0.15) is 4.31 Å². The number of sulfonamides is 1. The second-order valence-electron chi connectivity index (χ2n) is 4.93. The van der Waals surface area contributed by atoms with Crippen molar-refractivity contribution in [3.05, 3.63) is 30.1 Å². The Kier molecular flexibility index (Phi) is 5.16. The number of hydrogen-bond acceptors (Lipinski definition) is 4. The van der Waals surface area contributed by atoms with E-state index in [0.29, 0.717) is 0 Å². The number of rotatable bonds is 4. The Morgan fingerprint density at radius 1 is 1.17 bits per heavy atom. The highest BCUT2D eigenvalue weighted by Gasteiger charge is 2.31. The number of piperazine rings is 1. The summed E-state index contributed by atoms with van der Waals surface area (Å²) in [5, 5.41) is 2.18. The van der Waals surface area contributed by atoms with E-state index in [-0.39, 0.29) is 43.5 Å². The summed E-state index contributed by atoms with van der Waals surface area (Å²) in [6.45, 7) is 0.188. The van der Waals surface area contributed by atoms with E-state index in [1.807, 2.05) is 0 Å². The molecule has 1 aromatic rings. The summed E-state index contributed by atoms with van der Waals surface area (Å²) in [7, 11) is -3.94. The van der Waals surface area contributed by atoms with E-state index in [4.69, 9.17) is 5.73 Å². The van der Waals surface area contributed by atoms with Crippen LogP contribution in [0.2, 0.25) is 0 Å². The second kappa shape index (κ2) is 6.92. The molecule has 8 nitrogen and oxygen atoms in total. The van der Waals surface area contributed by atoms with Gasteiger partial charge in [0, 0.05) is 26.2 Å². The summed E-state index contributed by atoms with van der Waals surface area (Å²) >= 11 is 0. The largest absolute Gasteiger partial charge is 0.352 e. The number of hydrogen-bond donors (Lipinski definition) is 2. The van der Waals surface area contributed by atoms with Crippen molar-refractivity contribution in [1.29, 1.82) is 0 Å². The van der Waals surface area contributed by atoms with Gasteiger partial charge in [-0.15, -0.1) is 0 Å².